The summed E-state index contributed by atoms with van der Waals surface area (Å²) >= 11 is 0. The van der Waals surface area contributed by atoms with Gasteiger partial charge in [-0.1, -0.05) is 0 Å². The number of ether oxygens (including phenoxy) is 1. The van der Waals surface area contributed by atoms with Gasteiger partial charge in [0.25, 0.3) is 5.56 Å². The minimum Gasteiger partial charge on any atom is -0.394 e. The first-order chi connectivity index (χ1) is 8.04. The van der Waals surface area contributed by atoms with Crippen LogP contribution in [0, 0.1) is 0 Å². The van der Waals surface area contributed by atoms with Gasteiger partial charge in [0.2, 0.25) is 0 Å². The van der Waals surface area contributed by atoms with Gasteiger partial charge in [0.1, 0.15) is 12.3 Å². The quantitative estimate of drug-likeness (QED) is 0.664. The van der Waals surface area contributed by atoms with E-state index >= 15 is 0 Å². The highest BCUT2D eigenvalue weighted by Crippen LogP contribution is 2.32. The first-order valence-electron chi connectivity index (χ1n) is 4.77. The molecule has 1 aromatic heterocycles. The summed E-state index contributed by atoms with van der Waals surface area (Å²) in [5.74, 6) is 0. The number of hydrogen-bond donors (Lipinski definition) is 2. The second-order valence-electron chi connectivity index (χ2n) is 3.52. The van der Waals surface area contributed by atoms with Crippen LogP contribution in [0.4, 0.5) is 8.78 Å². The van der Waals surface area contributed by atoms with Crippen molar-refractivity contribution in [3.63, 3.8) is 0 Å². The Morgan fingerprint density at radius 2 is 2.18 bits per heavy atom. The highest BCUT2D eigenvalue weighted by molar-refractivity contribution is 4.89. The van der Waals surface area contributed by atoms with Crippen molar-refractivity contribution in [3.05, 3.63) is 27.0 Å². The van der Waals surface area contributed by atoms with Crippen molar-refractivity contribution < 1.29 is 18.6 Å². The lowest BCUT2D eigenvalue weighted by atomic mass is 10.2. The second-order valence-corrected chi connectivity index (χ2v) is 3.52. The molecule has 2 N–H and O–H groups in total. The van der Waals surface area contributed by atoms with Gasteiger partial charge in [-0.2, -0.15) is 9.78 Å². The number of aliphatic hydroxyl groups is 1. The van der Waals surface area contributed by atoms with E-state index in [4.69, 9.17) is 9.84 Å². The fourth-order valence-electron chi connectivity index (χ4n) is 1.57. The van der Waals surface area contributed by atoms with Crippen LogP contribution in [0.5, 0.6) is 0 Å². The fourth-order valence-corrected chi connectivity index (χ4v) is 1.57. The van der Waals surface area contributed by atoms with Gasteiger partial charge in [-0.15, -0.1) is 0 Å². The summed E-state index contributed by atoms with van der Waals surface area (Å²) in [4.78, 5) is 23.9. The molecule has 1 fully saturated rings. The van der Waals surface area contributed by atoms with E-state index in [9.17, 15) is 18.4 Å². The van der Waals surface area contributed by atoms with E-state index in [0.717, 1.165) is 6.20 Å². The minimum atomic E-state index is -2.14. The van der Waals surface area contributed by atoms with E-state index in [1.54, 1.807) is 0 Å². The number of nitrogens with zero attached hydrogens (tertiary/aromatic N) is 2. The van der Waals surface area contributed by atoms with Crippen molar-refractivity contribution in [2.24, 2.45) is 0 Å². The molecule has 0 spiro atoms. The number of alkyl halides is 2. The summed E-state index contributed by atoms with van der Waals surface area (Å²) in [6, 6.07) is 0. The number of halogens is 2. The molecule has 1 aliphatic heterocycles. The minimum absolute atomic E-state index is 0.494. The summed E-state index contributed by atoms with van der Waals surface area (Å²) in [5.41, 5.74) is -1.76. The largest absolute Gasteiger partial charge is 0.394 e. The van der Waals surface area contributed by atoms with Crippen LogP contribution in [-0.4, -0.2) is 44.9 Å². The van der Waals surface area contributed by atoms with Crippen LogP contribution in [-0.2, 0) is 4.74 Å². The van der Waals surface area contributed by atoms with Crippen LogP contribution in [0.25, 0.3) is 0 Å². The number of rotatable bonds is 2. The van der Waals surface area contributed by atoms with Crippen molar-refractivity contribution in [2.75, 3.05) is 6.61 Å². The highest BCUT2D eigenvalue weighted by atomic mass is 19.2. The Bertz CT molecular complexity index is 516. The lowest BCUT2D eigenvalue weighted by Gasteiger charge is -2.13. The topological polar surface area (TPSA) is 97.2 Å². The number of hydrogen-bond acceptors (Lipinski definition) is 5. The lowest BCUT2D eigenvalue weighted by molar-refractivity contribution is -0.0503. The van der Waals surface area contributed by atoms with Crippen LogP contribution >= 0.6 is 0 Å². The van der Waals surface area contributed by atoms with Crippen LogP contribution in [0.15, 0.2) is 15.8 Å². The average molecular weight is 249 g/mol. The molecule has 0 aliphatic carbocycles. The van der Waals surface area contributed by atoms with E-state index < -0.39 is 42.5 Å². The van der Waals surface area contributed by atoms with E-state index in [0.29, 0.717) is 4.68 Å². The molecule has 0 radical (unpaired) electrons. The van der Waals surface area contributed by atoms with Crippen LogP contribution in [0.3, 0.4) is 0 Å². The van der Waals surface area contributed by atoms with Gasteiger partial charge in [0, 0.05) is 0 Å². The van der Waals surface area contributed by atoms with E-state index in [2.05, 4.69) is 5.10 Å². The number of aliphatic hydroxyl groups excluding tert-OH is 1. The predicted octanol–water partition coefficient (Wildman–Crippen LogP) is -1.50. The molecule has 7 nitrogen and oxygen atoms in total. The molecule has 9 heteroatoms. The zero-order valence-electron chi connectivity index (χ0n) is 8.42. The highest BCUT2D eigenvalue weighted by Gasteiger charge is 2.47. The molecule has 17 heavy (non-hydrogen) atoms. The summed E-state index contributed by atoms with van der Waals surface area (Å²) in [6.07, 6.45) is -6.38. The van der Waals surface area contributed by atoms with Crippen LogP contribution in [0.1, 0.15) is 6.23 Å². The first-order valence-corrected chi connectivity index (χ1v) is 4.77. The maximum Gasteiger partial charge on any atom is 0.347 e. The van der Waals surface area contributed by atoms with Crippen molar-refractivity contribution >= 4 is 0 Å². The first kappa shape index (κ1) is 11.9. The van der Waals surface area contributed by atoms with E-state index in [1.165, 1.54) is 0 Å². The molecule has 1 aromatic rings. The SMILES string of the molecule is O=c1cnn([C@@H]2O[C@H](CO)[C@H](F)[C@H]2F)c(=O)[nH]1. The summed E-state index contributed by atoms with van der Waals surface area (Å²) < 4.78 is 32.1. The summed E-state index contributed by atoms with van der Waals surface area (Å²) in [5, 5.41) is 12.1. The molecule has 0 aromatic carbocycles. The molecule has 0 amide bonds. The molecular formula is C8H9F2N3O4. The van der Waals surface area contributed by atoms with Gasteiger partial charge in [0.05, 0.1) is 6.61 Å². The maximum atomic E-state index is 13.5. The van der Waals surface area contributed by atoms with Crippen LogP contribution < -0.4 is 11.2 Å². The zero-order valence-corrected chi connectivity index (χ0v) is 8.42. The van der Waals surface area contributed by atoms with Gasteiger partial charge >= 0.3 is 5.69 Å². The molecule has 0 bridgehead atoms. The van der Waals surface area contributed by atoms with Crippen molar-refractivity contribution in [1.29, 1.82) is 0 Å². The second kappa shape index (κ2) is 4.34. The molecule has 2 rings (SSSR count). The molecule has 94 valence electrons. The Morgan fingerprint density at radius 3 is 2.71 bits per heavy atom. The van der Waals surface area contributed by atoms with Gasteiger partial charge in [0.15, 0.2) is 18.6 Å². The predicted molar refractivity (Wildman–Crippen MR) is 49.9 cm³/mol. The smallest absolute Gasteiger partial charge is 0.347 e. The van der Waals surface area contributed by atoms with Gasteiger partial charge in [-0.05, 0) is 0 Å². The Morgan fingerprint density at radius 1 is 1.47 bits per heavy atom. The monoisotopic (exact) mass is 249 g/mol. The summed E-state index contributed by atoms with van der Waals surface area (Å²) in [7, 11) is 0. The van der Waals surface area contributed by atoms with Crippen molar-refractivity contribution in [1.82, 2.24) is 14.8 Å². The normalized spacial score (nSPS) is 32.9. The maximum absolute atomic E-state index is 13.5. The molecular weight excluding hydrogens is 240 g/mol. The van der Waals surface area contributed by atoms with Crippen molar-refractivity contribution in [2.45, 2.75) is 24.7 Å². The summed E-state index contributed by atoms with van der Waals surface area (Å²) in [6.45, 7) is -0.712. The fraction of sp³-hybridized carbons (Fsp3) is 0.625. The Hall–Kier alpha value is -1.61. The molecule has 0 saturated carbocycles. The molecule has 1 aliphatic rings. The Labute approximate surface area is 92.6 Å². The third-order valence-corrected chi connectivity index (χ3v) is 2.40. The zero-order chi connectivity index (χ0) is 12.6. The Kier molecular flexibility index (Phi) is 3.03. The van der Waals surface area contributed by atoms with Gasteiger partial charge in [-0.3, -0.25) is 9.78 Å². The number of nitrogens with one attached hydrogen (secondary N) is 1. The Balaban J connectivity index is 2.35. The number of aromatic amines is 1. The molecule has 0 unspecified atom stereocenters. The average Bonchev–Trinajstić information content (AvgIpc) is 2.57. The van der Waals surface area contributed by atoms with E-state index in [1.807, 2.05) is 4.98 Å². The standard InChI is InChI=1S/C8H9F2N3O4/c9-5-3(2-14)17-7(6(5)10)13-8(16)12-4(15)1-11-13/h1,3,5-7,14H,2H2,(H,12,15,16)/t3-,5+,6-,7-/m1/s1. The molecule has 1 saturated heterocycles. The number of H-pyrrole nitrogens is 1. The number of aromatic nitrogens is 3. The third kappa shape index (κ3) is 1.98. The van der Waals surface area contributed by atoms with E-state index in [-0.39, 0.29) is 0 Å². The lowest BCUT2D eigenvalue weighted by Crippen LogP contribution is -2.37. The molecule has 4 atom stereocenters. The third-order valence-electron chi connectivity index (χ3n) is 2.40. The van der Waals surface area contributed by atoms with Gasteiger partial charge < -0.3 is 9.84 Å². The van der Waals surface area contributed by atoms with Crippen LogP contribution in [0.2, 0.25) is 0 Å². The van der Waals surface area contributed by atoms with Crippen molar-refractivity contribution in [3.8, 4) is 0 Å². The van der Waals surface area contributed by atoms with Gasteiger partial charge in [-0.25, -0.2) is 13.6 Å². The molecule has 2 heterocycles.